The second-order valence-corrected chi connectivity index (χ2v) is 8.39. The summed E-state index contributed by atoms with van der Waals surface area (Å²) >= 11 is 2.89. The van der Waals surface area contributed by atoms with Crippen LogP contribution >= 0.6 is 23.1 Å². The monoisotopic (exact) mass is 441 g/mol. The predicted octanol–water partition coefficient (Wildman–Crippen LogP) is 4.25. The highest BCUT2D eigenvalue weighted by Crippen LogP contribution is 2.24. The highest BCUT2D eigenvalue weighted by atomic mass is 32.2. The lowest BCUT2D eigenvalue weighted by molar-refractivity contribution is -0.384. The maximum absolute atomic E-state index is 12.4. The van der Waals surface area contributed by atoms with Crippen molar-refractivity contribution in [2.75, 3.05) is 12.9 Å². The average Bonchev–Trinajstić information content (AvgIpc) is 3.08. The van der Waals surface area contributed by atoms with E-state index in [0.29, 0.717) is 22.3 Å². The molecule has 0 bridgehead atoms. The third-order valence-electron chi connectivity index (χ3n) is 4.21. The van der Waals surface area contributed by atoms with Gasteiger partial charge in [0.15, 0.2) is 4.80 Å². The molecule has 1 aromatic heterocycles. The molecular weight excluding hydrogens is 422 g/mol. The predicted molar refractivity (Wildman–Crippen MR) is 119 cm³/mol. The first-order chi connectivity index (χ1) is 14.5. The smallest absolute Gasteiger partial charge is 0.270 e. The maximum atomic E-state index is 12.4. The van der Waals surface area contributed by atoms with Gasteiger partial charge in [0.25, 0.3) is 5.69 Å². The molecule has 154 valence electrons. The Morgan fingerprint density at radius 2 is 2.10 bits per heavy atom. The lowest BCUT2D eigenvalue weighted by atomic mass is 10.3. The molecule has 7 nitrogen and oxygen atoms in total. The minimum Gasteiger partial charge on any atom is -0.497 e. The van der Waals surface area contributed by atoms with E-state index < -0.39 is 4.92 Å². The van der Waals surface area contributed by atoms with Crippen molar-refractivity contribution in [1.82, 2.24) is 4.57 Å². The molecule has 0 fully saturated rings. The van der Waals surface area contributed by atoms with Gasteiger partial charge in [-0.2, -0.15) is 4.99 Å². The summed E-state index contributed by atoms with van der Waals surface area (Å²) in [5.41, 5.74) is 0.718. The number of thioether (sulfide) groups is 1. The van der Waals surface area contributed by atoms with Gasteiger partial charge in [0.2, 0.25) is 5.91 Å². The number of rotatable bonds is 8. The molecule has 0 aliphatic heterocycles. The number of amides is 1. The zero-order chi connectivity index (χ0) is 21.5. The molecule has 0 spiro atoms. The summed E-state index contributed by atoms with van der Waals surface area (Å²) in [5, 5.41) is 11.0. The molecule has 9 heteroatoms. The van der Waals surface area contributed by atoms with E-state index in [1.54, 1.807) is 29.5 Å². The molecule has 3 aromatic rings. The van der Waals surface area contributed by atoms with Crippen LogP contribution in [0.5, 0.6) is 5.75 Å². The van der Waals surface area contributed by atoms with Gasteiger partial charge in [0.05, 0.1) is 28.8 Å². The fraction of sp³-hybridized carbons (Fsp3) is 0.238. The number of non-ortho nitro benzene ring substituents is 1. The molecule has 0 N–H and O–H groups in total. The Labute approximate surface area is 181 Å². The zero-order valence-corrected chi connectivity index (χ0v) is 17.9. The van der Waals surface area contributed by atoms with Crippen LogP contribution in [-0.4, -0.2) is 28.3 Å². The van der Waals surface area contributed by atoms with Gasteiger partial charge < -0.3 is 9.30 Å². The number of fused-ring (bicyclic) bond motifs is 1. The molecule has 2 aromatic carbocycles. The Bertz CT molecular complexity index is 1170. The van der Waals surface area contributed by atoms with Crippen molar-refractivity contribution in [2.24, 2.45) is 4.99 Å². The molecule has 1 heterocycles. The van der Waals surface area contributed by atoms with Crippen LogP contribution in [0.2, 0.25) is 0 Å². The van der Waals surface area contributed by atoms with Gasteiger partial charge >= 0.3 is 0 Å². The number of terminal acetylenes is 1. The first-order valence-corrected chi connectivity index (χ1v) is 10.9. The summed E-state index contributed by atoms with van der Waals surface area (Å²) in [4.78, 5) is 28.7. The van der Waals surface area contributed by atoms with Crippen LogP contribution in [0.4, 0.5) is 5.69 Å². The fourth-order valence-electron chi connectivity index (χ4n) is 2.75. The van der Waals surface area contributed by atoms with Gasteiger partial charge in [0, 0.05) is 23.4 Å². The first kappa shape index (κ1) is 21.6. The van der Waals surface area contributed by atoms with E-state index >= 15 is 0 Å². The van der Waals surface area contributed by atoms with Crippen LogP contribution in [0.25, 0.3) is 10.2 Å². The number of methoxy groups -OCH3 is 1. The fourth-order valence-corrected chi connectivity index (χ4v) is 4.69. The van der Waals surface area contributed by atoms with Crippen LogP contribution in [-0.2, 0) is 11.3 Å². The molecule has 0 aliphatic rings. The van der Waals surface area contributed by atoms with Crippen molar-refractivity contribution in [2.45, 2.75) is 24.3 Å². The lowest BCUT2D eigenvalue weighted by Gasteiger charge is -2.03. The standard InChI is InChI=1S/C21H19N3O4S2/c1-3-12-23-18-11-6-15(24(26)27)14-19(18)30-21(23)22-20(25)5-4-13-29-17-9-7-16(28-2)8-10-17/h1,6-11,14H,4-5,12-13H2,2H3. The largest absolute Gasteiger partial charge is 0.497 e. The van der Waals surface area contributed by atoms with E-state index in [9.17, 15) is 14.9 Å². The van der Waals surface area contributed by atoms with E-state index in [4.69, 9.17) is 11.2 Å². The molecule has 0 radical (unpaired) electrons. The van der Waals surface area contributed by atoms with Crippen LogP contribution in [0.1, 0.15) is 12.8 Å². The topological polar surface area (TPSA) is 86.7 Å². The molecule has 0 aliphatic carbocycles. The highest BCUT2D eigenvalue weighted by Gasteiger charge is 2.12. The van der Waals surface area contributed by atoms with Crippen molar-refractivity contribution < 1.29 is 14.5 Å². The van der Waals surface area contributed by atoms with E-state index in [1.807, 2.05) is 24.3 Å². The number of nitrogens with zero attached hydrogens (tertiary/aromatic N) is 3. The number of nitro benzene ring substituents is 1. The van der Waals surface area contributed by atoms with Gasteiger partial charge in [-0.1, -0.05) is 17.3 Å². The van der Waals surface area contributed by atoms with Crippen LogP contribution < -0.4 is 9.54 Å². The van der Waals surface area contributed by atoms with Crippen molar-refractivity contribution in [3.8, 4) is 18.1 Å². The SMILES string of the molecule is C#CCn1c(=NC(=O)CCCSc2ccc(OC)cc2)sc2cc([N+](=O)[O-])ccc21. The Kier molecular flexibility index (Phi) is 7.27. The number of hydrogen-bond donors (Lipinski definition) is 0. The first-order valence-electron chi connectivity index (χ1n) is 9.07. The van der Waals surface area contributed by atoms with Crippen molar-refractivity contribution in [1.29, 1.82) is 0 Å². The number of thiazole rings is 1. The molecule has 0 saturated heterocycles. The summed E-state index contributed by atoms with van der Waals surface area (Å²) in [6.45, 7) is 0.233. The third-order valence-corrected chi connectivity index (χ3v) is 6.35. The van der Waals surface area contributed by atoms with E-state index in [-0.39, 0.29) is 18.1 Å². The summed E-state index contributed by atoms with van der Waals surface area (Å²) < 4.78 is 7.53. The van der Waals surface area contributed by atoms with E-state index in [2.05, 4.69) is 10.9 Å². The van der Waals surface area contributed by atoms with Gasteiger partial charge in [0.1, 0.15) is 5.75 Å². The number of ether oxygens (including phenoxy) is 1. The van der Waals surface area contributed by atoms with Crippen LogP contribution in [0.15, 0.2) is 52.4 Å². The number of aromatic nitrogens is 1. The summed E-state index contributed by atoms with van der Waals surface area (Å²) in [6, 6.07) is 12.3. The van der Waals surface area contributed by atoms with Crippen molar-refractivity contribution in [3.05, 3.63) is 57.4 Å². The van der Waals surface area contributed by atoms with Gasteiger partial charge in [-0.3, -0.25) is 14.9 Å². The minimum absolute atomic E-state index is 0.00922. The second kappa shape index (κ2) is 10.1. The third kappa shape index (κ3) is 5.28. The van der Waals surface area contributed by atoms with Gasteiger partial charge in [-0.05, 0) is 42.5 Å². The van der Waals surface area contributed by atoms with Gasteiger partial charge in [-0.15, -0.1) is 18.2 Å². The lowest BCUT2D eigenvalue weighted by Crippen LogP contribution is -2.16. The van der Waals surface area contributed by atoms with Crippen LogP contribution in [0, 0.1) is 22.5 Å². The Balaban J connectivity index is 1.68. The average molecular weight is 442 g/mol. The molecule has 0 atom stereocenters. The molecule has 1 amide bonds. The number of carbonyl (C=O) groups excluding carboxylic acids is 1. The molecule has 3 rings (SSSR count). The number of nitro groups is 1. The summed E-state index contributed by atoms with van der Waals surface area (Å²) in [6.07, 6.45) is 6.45. The van der Waals surface area contributed by atoms with Gasteiger partial charge in [-0.25, -0.2) is 0 Å². The Morgan fingerprint density at radius 3 is 2.77 bits per heavy atom. The van der Waals surface area contributed by atoms with Crippen LogP contribution in [0.3, 0.4) is 0 Å². The molecule has 0 saturated carbocycles. The second-order valence-electron chi connectivity index (χ2n) is 6.22. The summed E-state index contributed by atoms with van der Waals surface area (Å²) in [5.74, 6) is 3.90. The van der Waals surface area contributed by atoms with E-state index in [1.165, 1.54) is 23.5 Å². The van der Waals surface area contributed by atoms with E-state index in [0.717, 1.165) is 21.9 Å². The maximum Gasteiger partial charge on any atom is 0.270 e. The normalized spacial score (nSPS) is 11.4. The Hall–Kier alpha value is -3.09. The minimum atomic E-state index is -0.451. The van der Waals surface area contributed by atoms with Crippen molar-refractivity contribution >= 4 is 44.9 Å². The molecule has 30 heavy (non-hydrogen) atoms. The summed E-state index contributed by atoms with van der Waals surface area (Å²) in [7, 11) is 1.63. The van der Waals surface area contributed by atoms with Crippen molar-refractivity contribution in [3.63, 3.8) is 0 Å². The Morgan fingerprint density at radius 1 is 1.33 bits per heavy atom. The molecule has 0 unspecified atom stereocenters. The number of hydrogen-bond acceptors (Lipinski definition) is 6. The number of carbonyl (C=O) groups is 1. The highest BCUT2D eigenvalue weighted by molar-refractivity contribution is 7.99. The number of benzene rings is 2. The quantitative estimate of drug-likeness (QED) is 0.171. The zero-order valence-electron chi connectivity index (χ0n) is 16.2. The molecular formula is C21H19N3O4S2.